The van der Waals surface area contributed by atoms with Crippen LogP contribution in [0.25, 0.3) is 5.65 Å². The highest BCUT2D eigenvalue weighted by Gasteiger charge is 2.22. The predicted molar refractivity (Wildman–Crippen MR) is 100 cm³/mol. The Morgan fingerprint density at radius 1 is 1.21 bits per heavy atom. The van der Waals surface area contributed by atoms with Gasteiger partial charge in [0, 0.05) is 50.0 Å². The minimum atomic E-state index is -0.258. The van der Waals surface area contributed by atoms with Gasteiger partial charge in [0.15, 0.2) is 5.65 Å². The molecule has 0 unspecified atom stereocenters. The van der Waals surface area contributed by atoms with E-state index >= 15 is 0 Å². The van der Waals surface area contributed by atoms with Crippen LogP contribution in [0.15, 0.2) is 24.7 Å². The number of benzene rings is 1. The highest BCUT2D eigenvalue weighted by atomic mass is 19.1. The lowest BCUT2D eigenvalue weighted by molar-refractivity contribution is -0.119. The number of hydrogen-bond acceptors (Lipinski definition) is 7. The standard InChI is InChI=1S/C19H19FN6O2/c20-15-1-2-17-13(5-8-28-17)14(15)9-21-19-22-10-16(18-24-23-11-26(18)19)25-6-3-12(27)4-7-25/h1-2,10-11H,3-9H2,(H,21,22). The Hall–Kier alpha value is -3.23. The van der Waals surface area contributed by atoms with Gasteiger partial charge in [-0.25, -0.2) is 13.8 Å². The molecule has 1 aromatic carbocycles. The maximum absolute atomic E-state index is 14.4. The summed E-state index contributed by atoms with van der Waals surface area (Å²) in [5, 5.41) is 11.4. The maximum Gasteiger partial charge on any atom is 0.210 e. The Morgan fingerprint density at radius 3 is 2.93 bits per heavy atom. The molecule has 0 spiro atoms. The number of aromatic nitrogens is 4. The summed E-state index contributed by atoms with van der Waals surface area (Å²) in [6, 6.07) is 3.11. The zero-order valence-electron chi connectivity index (χ0n) is 15.2. The van der Waals surface area contributed by atoms with E-state index in [0.717, 1.165) is 17.0 Å². The lowest BCUT2D eigenvalue weighted by Gasteiger charge is -2.28. The van der Waals surface area contributed by atoms with E-state index in [2.05, 4.69) is 25.4 Å². The molecule has 28 heavy (non-hydrogen) atoms. The molecule has 0 aliphatic carbocycles. The minimum Gasteiger partial charge on any atom is -0.493 e. The number of nitrogens with one attached hydrogen (secondary N) is 1. The quantitative estimate of drug-likeness (QED) is 0.739. The second kappa shape index (κ2) is 6.74. The van der Waals surface area contributed by atoms with Gasteiger partial charge in [-0.2, -0.15) is 0 Å². The summed E-state index contributed by atoms with van der Waals surface area (Å²) in [5.74, 6) is 1.30. The van der Waals surface area contributed by atoms with Gasteiger partial charge in [-0.1, -0.05) is 0 Å². The number of carbonyl (C=O) groups excluding carboxylic acids is 1. The lowest BCUT2D eigenvalue weighted by Crippen LogP contribution is -2.34. The normalized spacial score (nSPS) is 16.3. The summed E-state index contributed by atoms with van der Waals surface area (Å²) in [6.45, 7) is 2.16. The first-order valence-electron chi connectivity index (χ1n) is 9.33. The number of ketones is 1. The van der Waals surface area contributed by atoms with E-state index in [1.54, 1.807) is 23.0 Å². The summed E-state index contributed by atoms with van der Waals surface area (Å²) >= 11 is 0. The molecule has 3 aromatic rings. The third-order valence-corrected chi connectivity index (χ3v) is 5.34. The summed E-state index contributed by atoms with van der Waals surface area (Å²) < 4.78 is 21.6. The largest absolute Gasteiger partial charge is 0.493 e. The van der Waals surface area contributed by atoms with Crippen LogP contribution in [-0.2, 0) is 17.8 Å². The summed E-state index contributed by atoms with van der Waals surface area (Å²) in [4.78, 5) is 18.1. The third kappa shape index (κ3) is 2.83. The van der Waals surface area contributed by atoms with Crippen LogP contribution in [0.2, 0.25) is 0 Å². The molecule has 9 heteroatoms. The Kier molecular flexibility index (Phi) is 4.07. The van der Waals surface area contributed by atoms with Crippen molar-refractivity contribution in [3.8, 4) is 5.75 Å². The molecule has 0 amide bonds. The van der Waals surface area contributed by atoms with Gasteiger partial charge >= 0.3 is 0 Å². The van der Waals surface area contributed by atoms with Gasteiger partial charge in [0.05, 0.1) is 12.8 Å². The van der Waals surface area contributed by atoms with Crippen LogP contribution in [0.5, 0.6) is 5.75 Å². The zero-order chi connectivity index (χ0) is 19.1. The highest BCUT2D eigenvalue weighted by molar-refractivity contribution is 5.82. The molecule has 1 fully saturated rings. The topological polar surface area (TPSA) is 84.7 Å². The Labute approximate surface area is 160 Å². The SMILES string of the molecule is O=C1CCN(c2cnc(NCc3c(F)ccc4c3CCO4)n3cnnc23)CC1. The van der Waals surface area contributed by atoms with Crippen molar-refractivity contribution in [1.82, 2.24) is 19.6 Å². The number of rotatable bonds is 4. The van der Waals surface area contributed by atoms with E-state index in [0.29, 0.717) is 56.1 Å². The average molecular weight is 382 g/mol. The number of piperidine rings is 1. The molecule has 2 aliphatic rings. The first-order chi connectivity index (χ1) is 13.7. The van der Waals surface area contributed by atoms with Gasteiger partial charge in [-0.15, -0.1) is 10.2 Å². The second-order valence-electron chi connectivity index (χ2n) is 6.97. The number of nitrogens with zero attached hydrogens (tertiary/aromatic N) is 5. The van der Waals surface area contributed by atoms with Gasteiger partial charge in [-0.3, -0.25) is 4.79 Å². The van der Waals surface area contributed by atoms with Crippen molar-refractivity contribution in [1.29, 1.82) is 0 Å². The number of carbonyl (C=O) groups is 1. The summed E-state index contributed by atoms with van der Waals surface area (Å²) in [5.41, 5.74) is 3.00. The summed E-state index contributed by atoms with van der Waals surface area (Å²) in [7, 11) is 0. The van der Waals surface area contributed by atoms with Crippen LogP contribution in [0, 0.1) is 5.82 Å². The van der Waals surface area contributed by atoms with Crippen molar-refractivity contribution in [3.05, 3.63) is 41.6 Å². The Bertz CT molecular complexity index is 1060. The third-order valence-electron chi connectivity index (χ3n) is 5.34. The molecule has 144 valence electrons. The van der Waals surface area contributed by atoms with E-state index in [1.807, 2.05) is 0 Å². The molecule has 1 saturated heterocycles. The summed E-state index contributed by atoms with van der Waals surface area (Å²) in [6.07, 6.45) is 5.07. The van der Waals surface area contributed by atoms with Gasteiger partial charge in [-0.05, 0) is 12.1 Å². The average Bonchev–Trinajstić information content (AvgIpc) is 3.37. The maximum atomic E-state index is 14.4. The molecule has 0 atom stereocenters. The number of hydrogen-bond donors (Lipinski definition) is 1. The van der Waals surface area contributed by atoms with Gasteiger partial charge < -0.3 is 15.0 Å². The second-order valence-corrected chi connectivity index (χ2v) is 6.97. The fourth-order valence-corrected chi connectivity index (χ4v) is 3.83. The van der Waals surface area contributed by atoms with Crippen LogP contribution < -0.4 is 15.0 Å². The van der Waals surface area contributed by atoms with Crippen LogP contribution in [0.4, 0.5) is 16.0 Å². The number of fused-ring (bicyclic) bond motifs is 2. The molecular weight excluding hydrogens is 363 g/mol. The van der Waals surface area contributed by atoms with E-state index in [1.165, 1.54) is 6.07 Å². The van der Waals surface area contributed by atoms with Crippen LogP contribution in [0.3, 0.4) is 0 Å². The van der Waals surface area contributed by atoms with E-state index in [9.17, 15) is 9.18 Å². The van der Waals surface area contributed by atoms with E-state index < -0.39 is 0 Å². The first-order valence-corrected chi connectivity index (χ1v) is 9.33. The zero-order valence-corrected chi connectivity index (χ0v) is 15.2. The van der Waals surface area contributed by atoms with E-state index in [-0.39, 0.29) is 18.1 Å². The number of anilines is 2. The molecule has 4 heterocycles. The molecule has 0 bridgehead atoms. The van der Waals surface area contributed by atoms with Crippen molar-refractivity contribution < 1.29 is 13.9 Å². The smallest absolute Gasteiger partial charge is 0.210 e. The highest BCUT2D eigenvalue weighted by Crippen LogP contribution is 2.31. The van der Waals surface area contributed by atoms with Gasteiger partial charge in [0.25, 0.3) is 0 Å². The number of halogens is 1. The molecule has 0 saturated carbocycles. The van der Waals surface area contributed by atoms with Crippen LogP contribution >= 0.6 is 0 Å². The van der Waals surface area contributed by atoms with Crippen molar-refractivity contribution in [3.63, 3.8) is 0 Å². The van der Waals surface area contributed by atoms with Gasteiger partial charge in [0.1, 0.15) is 29.4 Å². The van der Waals surface area contributed by atoms with Gasteiger partial charge in [0.2, 0.25) is 5.95 Å². The minimum absolute atomic E-state index is 0.258. The Balaban J connectivity index is 1.42. The van der Waals surface area contributed by atoms with Crippen molar-refractivity contribution in [2.75, 3.05) is 29.9 Å². The Morgan fingerprint density at radius 2 is 2.07 bits per heavy atom. The first kappa shape index (κ1) is 16.9. The number of Topliss-reactive ketones (excluding diaryl/α,β-unsaturated/α-hetero) is 1. The molecular formula is C19H19FN6O2. The fourth-order valence-electron chi connectivity index (χ4n) is 3.83. The fraction of sp³-hybridized carbons (Fsp3) is 0.368. The lowest BCUT2D eigenvalue weighted by atomic mass is 10.0. The predicted octanol–water partition coefficient (Wildman–Crippen LogP) is 1.98. The molecule has 2 aromatic heterocycles. The van der Waals surface area contributed by atoms with Crippen LogP contribution in [-0.4, -0.2) is 45.1 Å². The molecule has 8 nitrogen and oxygen atoms in total. The molecule has 5 rings (SSSR count). The monoisotopic (exact) mass is 382 g/mol. The molecule has 2 aliphatic heterocycles. The molecule has 0 radical (unpaired) electrons. The van der Waals surface area contributed by atoms with Crippen LogP contribution in [0.1, 0.15) is 24.0 Å². The van der Waals surface area contributed by atoms with Crippen molar-refractivity contribution >= 4 is 23.1 Å². The molecule has 1 N–H and O–H groups in total. The van der Waals surface area contributed by atoms with Crippen molar-refractivity contribution in [2.24, 2.45) is 0 Å². The number of ether oxygens (including phenoxy) is 1. The van der Waals surface area contributed by atoms with Crippen molar-refractivity contribution in [2.45, 2.75) is 25.8 Å². The van der Waals surface area contributed by atoms with E-state index in [4.69, 9.17) is 4.74 Å².